The molecule has 66 valence electrons. The molecule has 0 atom stereocenters. The number of rotatable bonds is 4. The topological polar surface area (TPSA) is 101 Å². The average Bonchev–Trinajstić information content (AvgIpc) is 1.89. The highest BCUT2D eigenvalue weighted by Gasteiger charge is 1.92. The summed E-state index contributed by atoms with van der Waals surface area (Å²) in [6, 6.07) is 0. The molecule has 5 nitrogen and oxygen atoms in total. The van der Waals surface area contributed by atoms with Crippen LogP contribution >= 0.6 is 0 Å². The minimum absolute atomic E-state index is 0.247. The standard InChI is InChI=1S/C5H11NO2.CH2O2/c6-4-2-1-3-5(7)8;2-1-3/h1-4,6H2,(H,7,8);1H,(H,2,3). The molecule has 0 radical (unpaired) electrons. The zero-order valence-electron chi connectivity index (χ0n) is 6.19. The zero-order valence-corrected chi connectivity index (χ0v) is 6.19. The van der Waals surface area contributed by atoms with Crippen molar-refractivity contribution in [2.45, 2.75) is 19.3 Å². The highest BCUT2D eigenvalue weighted by atomic mass is 16.4. The third-order valence-electron chi connectivity index (χ3n) is 0.845. The molecule has 5 heteroatoms. The van der Waals surface area contributed by atoms with Crippen molar-refractivity contribution in [3.05, 3.63) is 0 Å². The van der Waals surface area contributed by atoms with Gasteiger partial charge < -0.3 is 15.9 Å². The van der Waals surface area contributed by atoms with Crippen LogP contribution in [0.25, 0.3) is 0 Å². The van der Waals surface area contributed by atoms with Crippen LogP contribution in [0.3, 0.4) is 0 Å². The molecule has 0 spiro atoms. The second-order valence-electron chi connectivity index (χ2n) is 1.74. The lowest BCUT2D eigenvalue weighted by Crippen LogP contribution is -2.00. The van der Waals surface area contributed by atoms with Gasteiger partial charge in [-0.3, -0.25) is 9.59 Å². The Morgan fingerprint density at radius 1 is 1.45 bits per heavy atom. The summed E-state index contributed by atoms with van der Waals surface area (Å²) in [7, 11) is 0. The Labute approximate surface area is 64.8 Å². The van der Waals surface area contributed by atoms with Crippen LogP contribution in [0.15, 0.2) is 0 Å². The van der Waals surface area contributed by atoms with E-state index in [1.54, 1.807) is 0 Å². The number of nitrogens with two attached hydrogens (primary N) is 1. The molecule has 0 aliphatic rings. The average molecular weight is 163 g/mol. The quantitative estimate of drug-likeness (QED) is 0.397. The largest absolute Gasteiger partial charge is 0.483 e. The number of carbonyl (C=O) groups is 2. The Bertz CT molecular complexity index is 105. The highest BCUT2D eigenvalue weighted by molar-refractivity contribution is 5.66. The minimum atomic E-state index is -0.738. The number of hydrogen-bond donors (Lipinski definition) is 3. The van der Waals surface area contributed by atoms with E-state index in [9.17, 15) is 4.79 Å². The predicted octanol–water partition coefficient (Wildman–Crippen LogP) is -0.0992. The molecule has 0 fully saturated rings. The van der Waals surface area contributed by atoms with E-state index in [-0.39, 0.29) is 12.9 Å². The van der Waals surface area contributed by atoms with Crippen molar-refractivity contribution in [3.63, 3.8) is 0 Å². The normalized spacial score (nSPS) is 7.73. The second kappa shape index (κ2) is 11.7. The van der Waals surface area contributed by atoms with Crippen LogP contribution in [-0.2, 0) is 9.59 Å². The van der Waals surface area contributed by atoms with Crippen molar-refractivity contribution in [1.82, 2.24) is 0 Å². The molecule has 0 saturated heterocycles. The molecule has 0 aromatic carbocycles. The Hall–Kier alpha value is -1.10. The summed E-state index contributed by atoms with van der Waals surface area (Å²) in [6.45, 7) is 0.341. The van der Waals surface area contributed by atoms with Gasteiger partial charge in [0, 0.05) is 6.42 Å². The second-order valence-corrected chi connectivity index (χ2v) is 1.74. The van der Waals surface area contributed by atoms with E-state index >= 15 is 0 Å². The molecule has 11 heavy (non-hydrogen) atoms. The van der Waals surface area contributed by atoms with Crippen LogP contribution in [0.5, 0.6) is 0 Å². The summed E-state index contributed by atoms with van der Waals surface area (Å²) in [5.74, 6) is -0.738. The van der Waals surface area contributed by atoms with Gasteiger partial charge in [0.2, 0.25) is 0 Å². The minimum Gasteiger partial charge on any atom is -0.483 e. The Morgan fingerprint density at radius 3 is 2.18 bits per heavy atom. The van der Waals surface area contributed by atoms with E-state index in [1.165, 1.54) is 0 Å². The van der Waals surface area contributed by atoms with E-state index in [0.29, 0.717) is 13.0 Å². The molecule has 4 N–H and O–H groups in total. The predicted molar refractivity (Wildman–Crippen MR) is 39.2 cm³/mol. The van der Waals surface area contributed by atoms with Crippen molar-refractivity contribution >= 4 is 12.4 Å². The van der Waals surface area contributed by atoms with E-state index in [2.05, 4.69) is 0 Å². The summed E-state index contributed by atoms with van der Waals surface area (Å²) >= 11 is 0. The number of carboxylic acids is 1. The maximum absolute atomic E-state index is 9.83. The fourth-order valence-corrected chi connectivity index (χ4v) is 0.421. The highest BCUT2D eigenvalue weighted by Crippen LogP contribution is 1.91. The van der Waals surface area contributed by atoms with Crippen LogP contribution in [0.1, 0.15) is 19.3 Å². The Kier molecular flexibility index (Phi) is 13.3. The fourth-order valence-electron chi connectivity index (χ4n) is 0.421. The van der Waals surface area contributed by atoms with Crippen LogP contribution in [0.2, 0.25) is 0 Å². The van der Waals surface area contributed by atoms with Gasteiger partial charge >= 0.3 is 5.97 Å². The van der Waals surface area contributed by atoms with E-state index in [1.807, 2.05) is 0 Å². The molecule has 0 bridgehead atoms. The van der Waals surface area contributed by atoms with Crippen molar-refractivity contribution in [2.75, 3.05) is 6.54 Å². The first kappa shape index (κ1) is 12.6. The summed E-state index contributed by atoms with van der Waals surface area (Å²) in [4.78, 5) is 18.2. The fraction of sp³-hybridized carbons (Fsp3) is 0.667. The van der Waals surface area contributed by atoms with Gasteiger partial charge in [-0.2, -0.15) is 0 Å². The molecule has 0 saturated carbocycles. The van der Waals surface area contributed by atoms with Gasteiger partial charge in [0.1, 0.15) is 0 Å². The monoisotopic (exact) mass is 163 g/mol. The molecule has 0 aromatic heterocycles. The van der Waals surface area contributed by atoms with Gasteiger partial charge in [-0.25, -0.2) is 0 Å². The molecule has 0 unspecified atom stereocenters. The first-order valence-electron chi connectivity index (χ1n) is 3.18. The first-order valence-corrected chi connectivity index (χ1v) is 3.18. The van der Waals surface area contributed by atoms with Gasteiger partial charge in [-0.15, -0.1) is 0 Å². The molecule has 0 amide bonds. The van der Waals surface area contributed by atoms with E-state index in [4.69, 9.17) is 20.7 Å². The van der Waals surface area contributed by atoms with Crippen LogP contribution in [0.4, 0.5) is 0 Å². The third kappa shape index (κ3) is 27.9. The zero-order chi connectivity index (χ0) is 9.11. The summed E-state index contributed by atoms with van der Waals surface area (Å²) in [5.41, 5.74) is 5.12. The van der Waals surface area contributed by atoms with Crippen molar-refractivity contribution in [3.8, 4) is 0 Å². The SMILES string of the molecule is NCCCCC(=O)O.O=CO. The maximum Gasteiger partial charge on any atom is 0.303 e. The molecular weight excluding hydrogens is 150 g/mol. The maximum atomic E-state index is 9.83. The summed E-state index contributed by atoms with van der Waals surface area (Å²) in [5, 5.41) is 15.0. The lowest BCUT2D eigenvalue weighted by atomic mass is 10.2. The third-order valence-corrected chi connectivity index (χ3v) is 0.845. The number of aliphatic carboxylic acids is 1. The van der Waals surface area contributed by atoms with Gasteiger partial charge in [0.05, 0.1) is 0 Å². The van der Waals surface area contributed by atoms with Gasteiger partial charge in [-0.05, 0) is 19.4 Å². The van der Waals surface area contributed by atoms with Crippen molar-refractivity contribution in [2.24, 2.45) is 5.73 Å². The molecule has 0 heterocycles. The van der Waals surface area contributed by atoms with Crippen LogP contribution in [-0.4, -0.2) is 29.2 Å². The Balaban J connectivity index is 0. The van der Waals surface area contributed by atoms with Gasteiger partial charge in [0.15, 0.2) is 0 Å². The Morgan fingerprint density at radius 2 is 1.91 bits per heavy atom. The van der Waals surface area contributed by atoms with Crippen molar-refractivity contribution < 1.29 is 19.8 Å². The smallest absolute Gasteiger partial charge is 0.303 e. The molecule has 0 rings (SSSR count). The first-order chi connectivity index (χ1) is 5.18. The lowest BCUT2D eigenvalue weighted by molar-refractivity contribution is -0.137. The summed E-state index contributed by atoms with van der Waals surface area (Å²) in [6.07, 6.45) is 1.76. The lowest BCUT2D eigenvalue weighted by Gasteiger charge is -1.90. The van der Waals surface area contributed by atoms with Crippen LogP contribution in [0, 0.1) is 0 Å². The van der Waals surface area contributed by atoms with Gasteiger partial charge in [-0.1, -0.05) is 0 Å². The number of unbranched alkanes of at least 4 members (excludes halogenated alkanes) is 1. The number of hydrogen-bond acceptors (Lipinski definition) is 3. The molecule has 0 aliphatic carbocycles. The van der Waals surface area contributed by atoms with E-state index < -0.39 is 5.97 Å². The van der Waals surface area contributed by atoms with Gasteiger partial charge in [0.25, 0.3) is 6.47 Å². The number of carboxylic acid groups (broad SMARTS) is 2. The van der Waals surface area contributed by atoms with E-state index in [0.717, 1.165) is 6.42 Å². The van der Waals surface area contributed by atoms with Crippen LogP contribution < -0.4 is 5.73 Å². The summed E-state index contributed by atoms with van der Waals surface area (Å²) < 4.78 is 0. The molecule has 0 aliphatic heterocycles. The van der Waals surface area contributed by atoms with Crippen molar-refractivity contribution in [1.29, 1.82) is 0 Å². The molecular formula is C6H13NO4. The molecule has 0 aromatic rings.